The van der Waals surface area contributed by atoms with Crippen molar-refractivity contribution in [3.8, 4) is 23.0 Å². The molecule has 2 heterocycles. The molecule has 1 atom stereocenters. The van der Waals surface area contributed by atoms with E-state index in [1.165, 1.54) is 12.4 Å². The molecule has 1 N–H and O–H groups in total. The van der Waals surface area contributed by atoms with Gasteiger partial charge in [0.25, 0.3) is 0 Å². The van der Waals surface area contributed by atoms with E-state index in [0.717, 1.165) is 25.0 Å². The number of carboxylic acid groups (broad SMARTS) is 1. The molecule has 4 aromatic rings. The van der Waals surface area contributed by atoms with Crippen LogP contribution < -0.4 is 9.47 Å². The number of rotatable bonds is 10. The Morgan fingerprint density at radius 3 is 2.65 bits per heavy atom. The standard InChI is InChI=1S/C28H26ClF3N4O4/c1-16(26(37)38)8-11-39-19-6-7-20(21(29)13-19)23-35-22-24(33-15-34-25(22)40-27(2)9-10-27)36(23)14-17-4-3-5-18(12-17)28(30,31)32/h3-7,12-13,15-16H,8-11,14H2,1-2H3,(H,37,38). The molecule has 0 aliphatic heterocycles. The van der Waals surface area contributed by atoms with E-state index in [-0.39, 0.29) is 29.7 Å². The molecule has 1 aliphatic rings. The minimum Gasteiger partial charge on any atom is -0.494 e. The van der Waals surface area contributed by atoms with Gasteiger partial charge in [-0.25, -0.2) is 9.97 Å². The molecule has 0 radical (unpaired) electrons. The second kappa shape index (κ2) is 10.6. The van der Waals surface area contributed by atoms with Gasteiger partial charge in [0, 0.05) is 5.56 Å². The molecule has 0 bridgehead atoms. The molecule has 1 aliphatic carbocycles. The Hall–Kier alpha value is -3.86. The Balaban J connectivity index is 1.53. The fourth-order valence-electron chi connectivity index (χ4n) is 4.13. The van der Waals surface area contributed by atoms with E-state index in [1.54, 1.807) is 35.8 Å². The first kappa shape index (κ1) is 27.7. The van der Waals surface area contributed by atoms with Crippen LogP contribution >= 0.6 is 11.6 Å². The minimum absolute atomic E-state index is 0.0329. The number of carbonyl (C=O) groups is 1. The maximum atomic E-state index is 13.4. The molecular formula is C28H26ClF3N4O4. The van der Waals surface area contributed by atoms with Crippen molar-refractivity contribution >= 4 is 28.7 Å². The summed E-state index contributed by atoms with van der Waals surface area (Å²) in [6, 6.07) is 10.0. The third-order valence-corrected chi connectivity index (χ3v) is 7.13. The molecule has 40 heavy (non-hydrogen) atoms. The summed E-state index contributed by atoms with van der Waals surface area (Å²) >= 11 is 6.66. The predicted octanol–water partition coefficient (Wildman–Crippen LogP) is 6.63. The number of imidazole rings is 1. The second-order valence-electron chi connectivity index (χ2n) is 10.1. The van der Waals surface area contributed by atoms with Gasteiger partial charge < -0.3 is 19.1 Å². The van der Waals surface area contributed by atoms with Crippen LogP contribution in [-0.2, 0) is 17.5 Å². The zero-order chi connectivity index (χ0) is 28.7. The summed E-state index contributed by atoms with van der Waals surface area (Å²) in [6.07, 6.45) is -1.08. The van der Waals surface area contributed by atoms with E-state index in [1.807, 2.05) is 6.92 Å². The number of aliphatic carboxylic acids is 1. The fraction of sp³-hybridized carbons (Fsp3) is 0.357. The molecule has 0 spiro atoms. The quantitative estimate of drug-likeness (QED) is 0.227. The Kier molecular flexibility index (Phi) is 7.34. The van der Waals surface area contributed by atoms with Gasteiger partial charge in [0.1, 0.15) is 23.5 Å². The summed E-state index contributed by atoms with van der Waals surface area (Å²) in [5, 5.41) is 9.34. The second-order valence-corrected chi connectivity index (χ2v) is 10.5. The number of fused-ring (bicyclic) bond motifs is 1. The number of nitrogens with zero attached hydrogens (tertiary/aromatic N) is 4. The summed E-state index contributed by atoms with van der Waals surface area (Å²) in [4.78, 5) is 24.5. The molecule has 12 heteroatoms. The van der Waals surface area contributed by atoms with E-state index in [9.17, 15) is 18.0 Å². The number of hydrogen-bond donors (Lipinski definition) is 1. The first-order valence-corrected chi connectivity index (χ1v) is 13.0. The Morgan fingerprint density at radius 1 is 1.20 bits per heavy atom. The first-order chi connectivity index (χ1) is 18.9. The molecule has 2 aromatic carbocycles. The summed E-state index contributed by atoms with van der Waals surface area (Å²) in [5.41, 5.74) is 0.558. The van der Waals surface area contributed by atoms with Crippen molar-refractivity contribution in [1.29, 1.82) is 0 Å². The van der Waals surface area contributed by atoms with Crippen LogP contribution in [0, 0.1) is 5.92 Å². The highest BCUT2D eigenvalue weighted by Crippen LogP contribution is 2.41. The highest BCUT2D eigenvalue weighted by molar-refractivity contribution is 6.33. The SMILES string of the molecule is CC(CCOc1ccc(-c2nc3c(OC4(C)CC4)ncnc3n2Cc2cccc(C(F)(F)F)c2)c(Cl)c1)C(=O)O. The van der Waals surface area contributed by atoms with Crippen LogP contribution in [0.2, 0.25) is 5.02 Å². The molecule has 5 rings (SSSR count). The predicted molar refractivity (Wildman–Crippen MR) is 141 cm³/mol. The van der Waals surface area contributed by atoms with Crippen LogP contribution in [0.3, 0.4) is 0 Å². The van der Waals surface area contributed by atoms with Crippen molar-refractivity contribution in [2.24, 2.45) is 5.92 Å². The lowest BCUT2D eigenvalue weighted by atomic mass is 10.1. The van der Waals surface area contributed by atoms with Crippen molar-refractivity contribution in [3.05, 3.63) is 64.9 Å². The molecule has 1 saturated carbocycles. The normalized spacial score (nSPS) is 15.2. The largest absolute Gasteiger partial charge is 0.494 e. The number of halogens is 4. The maximum absolute atomic E-state index is 13.4. The molecule has 0 amide bonds. The van der Waals surface area contributed by atoms with E-state index in [4.69, 9.17) is 31.2 Å². The van der Waals surface area contributed by atoms with Gasteiger partial charge in [0.2, 0.25) is 5.88 Å². The Bertz CT molecular complexity index is 1570. The lowest BCUT2D eigenvalue weighted by Crippen LogP contribution is -2.13. The lowest BCUT2D eigenvalue weighted by molar-refractivity contribution is -0.141. The first-order valence-electron chi connectivity index (χ1n) is 12.7. The minimum atomic E-state index is -4.49. The zero-order valence-corrected chi connectivity index (χ0v) is 22.5. The number of benzene rings is 2. The average molecular weight is 575 g/mol. The zero-order valence-electron chi connectivity index (χ0n) is 21.7. The van der Waals surface area contributed by atoms with Crippen LogP contribution in [0.15, 0.2) is 48.8 Å². The topological polar surface area (TPSA) is 99.4 Å². The van der Waals surface area contributed by atoms with Crippen LogP contribution in [0.25, 0.3) is 22.6 Å². The van der Waals surface area contributed by atoms with E-state index >= 15 is 0 Å². The highest BCUT2D eigenvalue weighted by Gasteiger charge is 2.41. The number of aromatic nitrogens is 4. The highest BCUT2D eigenvalue weighted by atomic mass is 35.5. The van der Waals surface area contributed by atoms with Gasteiger partial charge in [0.05, 0.1) is 29.7 Å². The molecule has 1 unspecified atom stereocenters. The van der Waals surface area contributed by atoms with Crippen LogP contribution in [-0.4, -0.2) is 42.8 Å². The number of hydrogen-bond acceptors (Lipinski definition) is 6. The summed E-state index contributed by atoms with van der Waals surface area (Å²) in [7, 11) is 0. The summed E-state index contributed by atoms with van der Waals surface area (Å²) < 4.78 is 53.7. The van der Waals surface area contributed by atoms with Gasteiger partial charge in [-0.15, -0.1) is 0 Å². The Morgan fingerprint density at radius 2 is 1.98 bits per heavy atom. The third kappa shape index (κ3) is 5.99. The van der Waals surface area contributed by atoms with Gasteiger partial charge >= 0.3 is 12.1 Å². The van der Waals surface area contributed by atoms with Gasteiger partial charge in [-0.2, -0.15) is 18.2 Å². The van der Waals surface area contributed by atoms with Crippen molar-refractivity contribution in [2.75, 3.05) is 6.61 Å². The Labute approximate surface area is 232 Å². The average Bonchev–Trinajstić information content (AvgIpc) is 3.51. The summed E-state index contributed by atoms with van der Waals surface area (Å²) in [5.74, 6) is -0.357. The van der Waals surface area contributed by atoms with Crippen LogP contribution in [0.5, 0.6) is 11.6 Å². The van der Waals surface area contributed by atoms with Gasteiger partial charge in [-0.1, -0.05) is 30.7 Å². The van der Waals surface area contributed by atoms with Gasteiger partial charge in [0.15, 0.2) is 11.2 Å². The molecule has 210 valence electrons. The van der Waals surface area contributed by atoms with Gasteiger partial charge in [-0.3, -0.25) is 4.79 Å². The molecule has 8 nitrogen and oxygen atoms in total. The molecule has 0 saturated heterocycles. The number of ether oxygens (including phenoxy) is 2. The van der Waals surface area contributed by atoms with Crippen LogP contribution in [0.1, 0.15) is 44.2 Å². The van der Waals surface area contributed by atoms with Gasteiger partial charge in [-0.05, 0) is 62.1 Å². The molecule has 2 aromatic heterocycles. The number of carboxylic acids is 1. The van der Waals surface area contributed by atoms with E-state index in [0.29, 0.717) is 40.3 Å². The molecule has 1 fully saturated rings. The van der Waals surface area contributed by atoms with Crippen molar-refractivity contribution in [1.82, 2.24) is 19.5 Å². The third-order valence-electron chi connectivity index (χ3n) is 6.81. The smallest absolute Gasteiger partial charge is 0.416 e. The van der Waals surface area contributed by atoms with Crippen LogP contribution in [0.4, 0.5) is 13.2 Å². The van der Waals surface area contributed by atoms with Crippen molar-refractivity contribution in [2.45, 2.75) is 51.4 Å². The van der Waals surface area contributed by atoms with E-state index < -0.39 is 23.6 Å². The molecular weight excluding hydrogens is 549 g/mol. The number of alkyl halides is 3. The monoisotopic (exact) mass is 574 g/mol. The summed E-state index contributed by atoms with van der Waals surface area (Å²) in [6.45, 7) is 3.78. The fourth-order valence-corrected chi connectivity index (χ4v) is 4.39. The lowest BCUT2D eigenvalue weighted by Gasteiger charge is -2.14. The van der Waals surface area contributed by atoms with Crippen molar-refractivity contribution < 1.29 is 32.5 Å². The van der Waals surface area contributed by atoms with E-state index in [2.05, 4.69) is 9.97 Å². The maximum Gasteiger partial charge on any atom is 0.416 e. The van der Waals surface area contributed by atoms with Crippen molar-refractivity contribution in [3.63, 3.8) is 0 Å².